The Balaban J connectivity index is 2.11. The van der Waals surface area contributed by atoms with E-state index in [0.717, 1.165) is 36.9 Å². The lowest BCUT2D eigenvalue weighted by Crippen LogP contribution is -2.39. The van der Waals surface area contributed by atoms with Gasteiger partial charge in [-0.25, -0.2) is 0 Å². The van der Waals surface area contributed by atoms with Crippen LogP contribution in [0.15, 0.2) is 18.2 Å². The topological polar surface area (TPSA) is 43.7 Å². The minimum atomic E-state index is -0.576. The Morgan fingerprint density at radius 2 is 2.00 bits per heavy atom. The highest BCUT2D eigenvalue weighted by atomic mass is 35.5. The molecule has 0 spiro atoms. The SMILES string of the molecule is CN(CC1(O)CCCC1)c1ccc(CO)cc1Cl. The number of aliphatic hydroxyl groups is 2. The normalized spacial score (nSPS) is 18.0. The second-order valence-electron chi connectivity index (χ2n) is 5.23. The molecule has 1 aromatic carbocycles. The van der Waals surface area contributed by atoms with Crippen molar-refractivity contribution in [3.8, 4) is 0 Å². The maximum absolute atomic E-state index is 10.4. The first-order valence-electron chi connectivity index (χ1n) is 6.37. The van der Waals surface area contributed by atoms with Crippen LogP contribution in [-0.2, 0) is 6.61 Å². The summed E-state index contributed by atoms with van der Waals surface area (Å²) >= 11 is 6.20. The summed E-state index contributed by atoms with van der Waals surface area (Å²) in [5, 5.41) is 20.1. The number of aliphatic hydroxyl groups excluding tert-OH is 1. The highest BCUT2D eigenvalue weighted by molar-refractivity contribution is 6.33. The van der Waals surface area contributed by atoms with Gasteiger partial charge in [0, 0.05) is 13.6 Å². The van der Waals surface area contributed by atoms with E-state index in [1.807, 2.05) is 24.1 Å². The Kier molecular flexibility index (Phi) is 4.15. The number of hydrogen-bond donors (Lipinski definition) is 2. The van der Waals surface area contributed by atoms with Gasteiger partial charge in [0.2, 0.25) is 0 Å². The van der Waals surface area contributed by atoms with Crippen LogP contribution in [0.1, 0.15) is 31.2 Å². The van der Waals surface area contributed by atoms with E-state index in [1.165, 1.54) is 0 Å². The second kappa shape index (κ2) is 5.47. The maximum atomic E-state index is 10.4. The molecular formula is C14H20ClNO2. The number of nitrogens with zero attached hydrogens (tertiary/aromatic N) is 1. The molecule has 0 aromatic heterocycles. The van der Waals surface area contributed by atoms with Crippen LogP contribution in [-0.4, -0.2) is 29.4 Å². The zero-order valence-electron chi connectivity index (χ0n) is 10.7. The molecular weight excluding hydrogens is 250 g/mol. The summed E-state index contributed by atoms with van der Waals surface area (Å²) in [6, 6.07) is 5.52. The Morgan fingerprint density at radius 3 is 2.56 bits per heavy atom. The standard InChI is InChI=1S/C14H20ClNO2/c1-16(10-14(18)6-2-3-7-14)13-5-4-11(9-17)8-12(13)15/h4-5,8,17-18H,2-3,6-7,9-10H2,1H3. The van der Waals surface area contributed by atoms with Gasteiger partial charge >= 0.3 is 0 Å². The fourth-order valence-corrected chi connectivity index (χ4v) is 3.02. The molecule has 0 bridgehead atoms. The first-order chi connectivity index (χ1) is 8.54. The van der Waals surface area contributed by atoms with Crippen LogP contribution in [0.2, 0.25) is 5.02 Å². The lowest BCUT2D eigenvalue weighted by Gasteiger charge is -2.30. The Labute approximate surface area is 113 Å². The van der Waals surface area contributed by atoms with Crippen molar-refractivity contribution in [1.82, 2.24) is 0 Å². The fraction of sp³-hybridized carbons (Fsp3) is 0.571. The fourth-order valence-electron chi connectivity index (χ4n) is 2.68. The maximum Gasteiger partial charge on any atom is 0.0821 e. The van der Waals surface area contributed by atoms with E-state index >= 15 is 0 Å². The molecule has 1 fully saturated rings. The summed E-state index contributed by atoms with van der Waals surface area (Å²) in [5.74, 6) is 0. The van der Waals surface area contributed by atoms with Crippen LogP contribution in [0, 0.1) is 0 Å². The van der Waals surface area contributed by atoms with E-state index in [4.69, 9.17) is 16.7 Å². The molecule has 0 radical (unpaired) electrons. The van der Waals surface area contributed by atoms with Crippen LogP contribution >= 0.6 is 11.6 Å². The molecule has 100 valence electrons. The molecule has 0 heterocycles. The molecule has 1 aliphatic rings. The summed E-state index contributed by atoms with van der Waals surface area (Å²) in [5.41, 5.74) is 1.12. The first-order valence-corrected chi connectivity index (χ1v) is 6.75. The van der Waals surface area contributed by atoms with Gasteiger partial charge in [-0.15, -0.1) is 0 Å². The third-order valence-corrected chi connectivity index (χ3v) is 3.97. The van der Waals surface area contributed by atoms with Crippen LogP contribution in [0.3, 0.4) is 0 Å². The molecule has 1 aliphatic carbocycles. The molecule has 18 heavy (non-hydrogen) atoms. The van der Waals surface area contributed by atoms with Crippen molar-refractivity contribution in [2.24, 2.45) is 0 Å². The van der Waals surface area contributed by atoms with Crippen molar-refractivity contribution in [3.63, 3.8) is 0 Å². The summed E-state index contributed by atoms with van der Waals surface area (Å²) in [4.78, 5) is 1.99. The van der Waals surface area contributed by atoms with Crippen molar-refractivity contribution in [2.75, 3.05) is 18.5 Å². The van der Waals surface area contributed by atoms with Gasteiger partial charge in [0.1, 0.15) is 0 Å². The average molecular weight is 270 g/mol. The zero-order valence-corrected chi connectivity index (χ0v) is 11.5. The average Bonchev–Trinajstić information content (AvgIpc) is 2.75. The predicted octanol–water partition coefficient (Wildman–Crippen LogP) is 2.57. The number of hydrogen-bond acceptors (Lipinski definition) is 3. The van der Waals surface area contributed by atoms with Gasteiger partial charge in [0.15, 0.2) is 0 Å². The van der Waals surface area contributed by atoms with Gasteiger partial charge in [-0.3, -0.25) is 0 Å². The lowest BCUT2D eigenvalue weighted by molar-refractivity contribution is 0.0559. The van der Waals surface area contributed by atoms with Gasteiger partial charge in [-0.1, -0.05) is 30.5 Å². The number of halogens is 1. The van der Waals surface area contributed by atoms with Crippen molar-refractivity contribution < 1.29 is 10.2 Å². The van der Waals surface area contributed by atoms with Crippen molar-refractivity contribution in [2.45, 2.75) is 37.9 Å². The smallest absolute Gasteiger partial charge is 0.0821 e. The van der Waals surface area contributed by atoms with Gasteiger partial charge in [0.05, 0.1) is 22.9 Å². The second-order valence-corrected chi connectivity index (χ2v) is 5.64. The van der Waals surface area contributed by atoms with Crippen molar-refractivity contribution in [3.05, 3.63) is 28.8 Å². The van der Waals surface area contributed by atoms with Gasteiger partial charge in [-0.2, -0.15) is 0 Å². The molecule has 0 aliphatic heterocycles. The minimum absolute atomic E-state index is 0.00630. The van der Waals surface area contributed by atoms with Crippen LogP contribution < -0.4 is 4.90 Å². The van der Waals surface area contributed by atoms with Gasteiger partial charge in [-0.05, 0) is 30.5 Å². The third-order valence-electron chi connectivity index (χ3n) is 3.67. The number of rotatable bonds is 4. The van der Waals surface area contributed by atoms with E-state index < -0.39 is 5.60 Å². The van der Waals surface area contributed by atoms with E-state index in [-0.39, 0.29) is 6.61 Å². The van der Waals surface area contributed by atoms with E-state index in [0.29, 0.717) is 11.6 Å². The molecule has 2 N–H and O–H groups in total. The van der Waals surface area contributed by atoms with E-state index in [9.17, 15) is 5.11 Å². The largest absolute Gasteiger partial charge is 0.392 e. The number of anilines is 1. The molecule has 4 heteroatoms. The molecule has 1 saturated carbocycles. The predicted molar refractivity (Wildman–Crippen MR) is 74.1 cm³/mol. The molecule has 0 amide bonds. The van der Waals surface area contributed by atoms with Crippen LogP contribution in [0.25, 0.3) is 0 Å². The Hall–Kier alpha value is -0.770. The number of benzene rings is 1. The van der Waals surface area contributed by atoms with Crippen LogP contribution in [0.5, 0.6) is 0 Å². The van der Waals surface area contributed by atoms with E-state index in [2.05, 4.69) is 0 Å². The Bertz CT molecular complexity index is 416. The van der Waals surface area contributed by atoms with Crippen molar-refractivity contribution >= 4 is 17.3 Å². The Morgan fingerprint density at radius 1 is 1.33 bits per heavy atom. The molecule has 1 aromatic rings. The quantitative estimate of drug-likeness (QED) is 0.883. The lowest BCUT2D eigenvalue weighted by atomic mass is 10.0. The molecule has 0 saturated heterocycles. The number of likely N-dealkylation sites (N-methyl/N-ethyl adjacent to an activating group) is 1. The van der Waals surface area contributed by atoms with Crippen molar-refractivity contribution in [1.29, 1.82) is 0 Å². The molecule has 0 unspecified atom stereocenters. The zero-order chi connectivity index (χ0) is 13.2. The third kappa shape index (κ3) is 2.97. The molecule has 2 rings (SSSR count). The minimum Gasteiger partial charge on any atom is -0.392 e. The monoisotopic (exact) mass is 269 g/mol. The first kappa shape index (κ1) is 13.7. The molecule has 3 nitrogen and oxygen atoms in total. The van der Waals surface area contributed by atoms with Gasteiger partial charge < -0.3 is 15.1 Å². The highest BCUT2D eigenvalue weighted by Gasteiger charge is 2.32. The van der Waals surface area contributed by atoms with Gasteiger partial charge in [0.25, 0.3) is 0 Å². The van der Waals surface area contributed by atoms with Crippen LogP contribution in [0.4, 0.5) is 5.69 Å². The summed E-state index contributed by atoms with van der Waals surface area (Å²) in [6.07, 6.45) is 3.93. The van der Waals surface area contributed by atoms with E-state index in [1.54, 1.807) is 6.07 Å². The summed E-state index contributed by atoms with van der Waals surface area (Å²) in [6.45, 7) is 0.596. The summed E-state index contributed by atoms with van der Waals surface area (Å²) in [7, 11) is 1.94. The highest BCUT2D eigenvalue weighted by Crippen LogP contribution is 2.33. The summed E-state index contributed by atoms with van der Waals surface area (Å²) < 4.78 is 0. The molecule has 0 atom stereocenters.